The van der Waals surface area contributed by atoms with Gasteiger partial charge in [0, 0.05) is 24.4 Å². The van der Waals surface area contributed by atoms with Crippen LogP contribution in [0.3, 0.4) is 0 Å². The average Bonchev–Trinajstić information content (AvgIpc) is 2.37. The van der Waals surface area contributed by atoms with Crippen molar-refractivity contribution in [1.29, 1.82) is 0 Å². The van der Waals surface area contributed by atoms with Gasteiger partial charge in [0.15, 0.2) is 0 Å². The zero-order valence-electron chi connectivity index (χ0n) is 11.8. The van der Waals surface area contributed by atoms with Crippen LogP contribution in [0.25, 0.3) is 0 Å². The van der Waals surface area contributed by atoms with E-state index in [4.69, 9.17) is 4.74 Å². The highest BCUT2D eigenvalue weighted by atomic mass is 16.6. The molecule has 0 saturated heterocycles. The van der Waals surface area contributed by atoms with Crippen molar-refractivity contribution in [3.05, 3.63) is 54.1 Å². The van der Waals surface area contributed by atoms with Crippen molar-refractivity contribution < 1.29 is 14.3 Å². The van der Waals surface area contributed by atoms with Gasteiger partial charge in [0.05, 0.1) is 0 Å². The number of ether oxygens (including phenoxy) is 1. The third-order valence-electron chi connectivity index (χ3n) is 2.63. The highest BCUT2D eigenvalue weighted by Gasteiger charge is 2.06. The molecular weight excluding hydrogens is 268 g/mol. The molecule has 0 fully saturated rings. The zero-order valence-corrected chi connectivity index (χ0v) is 11.8. The number of benzene rings is 2. The first kappa shape index (κ1) is 14.6. The van der Waals surface area contributed by atoms with Crippen molar-refractivity contribution in [1.82, 2.24) is 0 Å². The Hall–Kier alpha value is -2.82. The maximum atomic E-state index is 11.8. The van der Waals surface area contributed by atoms with Crippen LogP contribution in [0.4, 0.5) is 16.2 Å². The minimum absolute atomic E-state index is 0.184. The van der Waals surface area contributed by atoms with E-state index in [0.717, 1.165) is 5.56 Å². The van der Waals surface area contributed by atoms with Gasteiger partial charge in [-0.05, 0) is 36.8 Å². The molecule has 2 N–H and O–H groups in total. The van der Waals surface area contributed by atoms with Gasteiger partial charge in [0.1, 0.15) is 5.75 Å². The Morgan fingerprint density at radius 3 is 2.29 bits per heavy atom. The molecule has 0 saturated carbocycles. The van der Waals surface area contributed by atoms with E-state index in [1.165, 1.54) is 6.92 Å². The predicted octanol–water partition coefficient (Wildman–Crippen LogP) is 3.56. The first-order chi connectivity index (χ1) is 10.0. The number of aryl methyl sites for hydroxylation is 1. The van der Waals surface area contributed by atoms with Gasteiger partial charge in [-0.15, -0.1) is 0 Å². The van der Waals surface area contributed by atoms with Gasteiger partial charge in [-0.1, -0.05) is 18.2 Å². The molecule has 2 rings (SSSR count). The Balaban J connectivity index is 2.01. The maximum absolute atomic E-state index is 11.8. The summed E-state index contributed by atoms with van der Waals surface area (Å²) in [5, 5.41) is 5.27. The summed E-state index contributed by atoms with van der Waals surface area (Å²) in [5.74, 6) is 0.169. The number of carbonyl (C=O) groups excluding carboxylic acids is 2. The Morgan fingerprint density at radius 1 is 0.952 bits per heavy atom. The van der Waals surface area contributed by atoms with E-state index >= 15 is 0 Å². The highest BCUT2D eigenvalue weighted by Crippen LogP contribution is 2.18. The number of nitrogens with one attached hydrogen (secondary N) is 2. The SMILES string of the molecule is CC(=O)Nc1cccc(OC(=O)Nc2cccc(C)c2)c1. The van der Waals surface area contributed by atoms with Crippen LogP contribution in [0, 0.1) is 6.92 Å². The summed E-state index contributed by atoms with van der Waals surface area (Å²) in [4.78, 5) is 22.8. The summed E-state index contributed by atoms with van der Waals surface area (Å²) in [6.45, 7) is 3.35. The van der Waals surface area contributed by atoms with Crippen molar-refractivity contribution >= 4 is 23.4 Å². The Bertz CT molecular complexity index is 668. The lowest BCUT2D eigenvalue weighted by molar-refractivity contribution is -0.114. The van der Waals surface area contributed by atoms with Gasteiger partial charge in [0.25, 0.3) is 0 Å². The van der Waals surface area contributed by atoms with Crippen LogP contribution in [-0.2, 0) is 4.79 Å². The van der Waals surface area contributed by atoms with Gasteiger partial charge < -0.3 is 10.1 Å². The normalized spacial score (nSPS) is 9.81. The van der Waals surface area contributed by atoms with E-state index in [9.17, 15) is 9.59 Å². The second-order valence-electron chi connectivity index (χ2n) is 4.59. The number of rotatable bonds is 3. The molecule has 0 heterocycles. The molecule has 21 heavy (non-hydrogen) atoms. The average molecular weight is 284 g/mol. The molecule has 0 aliphatic rings. The van der Waals surface area contributed by atoms with E-state index in [1.807, 2.05) is 25.1 Å². The summed E-state index contributed by atoms with van der Waals surface area (Å²) in [6.07, 6.45) is -0.583. The van der Waals surface area contributed by atoms with Crippen molar-refractivity contribution in [3.63, 3.8) is 0 Å². The second kappa shape index (κ2) is 6.56. The third kappa shape index (κ3) is 4.65. The largest absolute Gasteiger partial charge is 0.417 e. The van der Waals surface area contributed by atoms with Crippen LogP contribution >= 0.6 is 0 Å². The molecular formula is C16H16N2O3. The molecule has 0 aliphatic carbocycles. The van der Waals surface area contributed by atoms with Crippen LogP contribution in [0.15, 0.2) is 48.5 Å². The summed E-state index contributed by atoms with van der Waals surface area (Å²) in [6, 6.07) is 14.0. The van der Waals surface area contributed by atoms with Crippen molar-refractivity contribution in [2.45, 2.75) is 13.8 Å². The van der Waals surface area contributed by atoms with E-state index in [0.29, 0.717) is 17.1 Å². The standard InChI is InChI=1S/C16H16N2O3/c1-11-5-3-6-13(9-11)18-16(20)21-15-8-4-7-14(10-15)17-12(2)19/h3-10H,1-2H3,(H,17,19)(H,18,20). The molecule has 0 aliphatic heterocycles. The highest BCUT2D eigenvalue weighted by molar-refractivity contribution is 5.89. The fourth-order valence-electron chi connectivity index (χ4n) is 1.81. The third-order valence-corrected chi connectivity index (χ3v) is 2.63. The number of anilines is 2. The molecule has 108 valence electrons. The Morgan fingerprint density at radius 2 is 1.62 bits per heavy atom. The van der Waals surface area contributed by atoms with E-state index in [1.54, 1.807) is 30.3 Å². The van der Waals surface area contributed by atoms with Crippen LogP contribution < -0.4 is 15.4 Å². The van der Waals surface area contributed by atoms with Crippen LogP contribution in [0.2, 0.25) is 0 Å². The summed E-state index contributed by atoms with van der Waals surface area (Å²) < 4.78 is 5.18. The molecule has 5 nitrogen and oxygen atoms in total. The van der Waals surface area contributed by atoms with Crippen molar-refractivity contribution in [2.75, 3.05) is 10.6 Å². The molecule has 0 spiro atoms. The fourth-order valence-corrected chi connectivity index (χ4v) is 1.81. The molecule has 0 atom stereocenters. The second-order valence-corrected chi connectivity index (χ2v) is 4.59. The molecule has 2 aromatic rings. The lowest BCUT2D eigenvalue weighted by atomic mass is 10.2. The summed E-state index contributed by atoms with van der Waals surface area (Å²) in [7, 11) is 0. The van der Waals surface area contributed by atoms with Crippen LogP contribution in [0.1, 0.15) is 12.5 Å². The number of carbonyl (C=O) groups is 2. The fraction of sp³-hybridized carbons (Fsp3) is 0.125. The minimum Gasteiger partial charge on any atom is -0.410 e. The lowest BCUT2D eigenvalue weighted by Gasteiger charge is -2.08. The van der Waals surface area contributed by atoms with Gasteiger partial charge in [-0.3, -0.25) is 10.1 Å². The first-order valence-electron chi connectivity index (χ1n) is 6.46. The topological polar surface area (TPSA) is 67.4 Å². The van der Waals surface area contributed by atoms with Crippen LogP contribution in [0.5, 0.6) is 5.75 Å². The van der Waals surface area contributed by atoms with Gasteiger partial charge in [-0.2, -0.15) is 0 Å². The lowest BCUT2D eigenvalue weighted by Crippen LogP contribution is -2.16. The van der Waals surface area contributed by atoms with Crippen LogP contribution in [-0.4, -0.2) is 12.0 Å². The Kier molecular flexibility index (Phi) is 4.56. The molecule has 2 amide bonds. The molecule has 0 radical (unpaired) electrons. The van der Waals surface area contributed by atoms with E-state index in [2.05, 4.69) is 10.6 Å². The van der Waals surface area contributed by atoms with E-state index in [-0.39, 0.29) is 5.91 Å². The van der Waals surface area contributed by atoms with Crippen molar-refractivity contribution in [2.24, 2.45) is 0 Å². The minimum atomic E-state index is -0.583. The zero-order chi connectivity index (χ0) is 15.2. The van der Waals surface area contributed by atoms with Crippen molar-refractivity contribution in [3.8, 4) is 5.75 Å². The summed E-state index contributed by atoms with van der Waals surface area (Å²) in [5.41, 5.74) is 2.28. The predicted molar refractivity (Wildman–Crippen MR) is 81.6 cm³/mol. The molecule has 0 aromatic heterocycles. The molecule has 2 aromatic carbocycles. The quantitative estimate of drug-likeness (QED) is 0.905. The number of hydrogen-bond acceptors (Lipinski definition) is 3. The number of hydrogen-bond donors (Lipinski definition) is 2. The molecule has 5 heteroatoms. The van der Waals surface area contributed by atoms with E-state index < -0.39 is 6.09 Å². The monoisotopic (exact) mass is 284 g/mol. The Labute approximate surface area is 122 Å². The van der Waals surface area contributed by atoms with Gasteiger partial charge in [0.2, 0.25) is 5.91 Å². The van der Waals surface area contributed by atoms with Gasteiger partial charge in [-0.25, -0.2) is 4.79 Å². The first-order valence-corrected chi connectivity index (χ1v) is 6.46. The molecule has 0 unspecified atom stereocenters. The smallest absolute Gasteiger partial charge is 0.410 e. The maximum Gasteiger partial charge on any atom is 0.417 e. The molecule has 0 bridgehead atoms. The summed E-state index contributed by atoms with van der Waals surface area (Å²) >= 11 is 0. The van der Waals surface area contributed by atoms with Gasteiger partial charge >= 0.3 is 6.09 Å². The number of amides is 2.